The first-order valence-electron chi connectivity index (χ1n) is 4.39. The number of rotatable bonds is 0. The SMILES string of the molecule is CC1=NC(=O)N2C(=O)C(C)C2(C)C1. The van der Waals surface area contributed by atoms with E-state index in [9.17, 15) is 9.59 Å². The fourth-order valence-electron chi connectivity index (χ4n) is 2.15. The van der Waals surface area contributed by atoms with Gasteiger partial charge in [-0.1, -0.05) is 6.92 Å². The van der Waals surface area contributed by atoms with Gasteiger partial charge in [-0.15, -0.1) is 0 Å². The minimum atomic E-state index is -0.394. The summed E-state index contributed by atoms with van der Waals surface area (Å²) in [5.41, 5.74) is 0.517. The Hall–Kier alpha value is -1.19. The van der Waals surface area contributed by atoms with Gasteiger partial charge in [0.15, 0.2) is 0 Å². The van der Waals surface area contributed by atoms with Gasteiger partial charge in [-0.25, -0.2) is 9.79 Å². The Kier molecular flexibility index (Phi) is 1.41. The Morgan fingerprint density at radius 1 is 1.54 bits per heavy atom. The number of imide groups is 1. The Bertz CT molecular complexity index is 335. The van der Waals surface area contributed by atoms with Gasteiger partial charge in [-0.2, -0.15) is 0 Å². The van der Waals surface area contributed by atoms with Gasteiger partial charge in [0.25, 0.3) is 0 Å². The van der Waals surface area contributed by atoms with E-state index in [0.717, 1.165) is 5.71 Å². The molecule has 3 amide bonds. The van der Waals surface area contributed by atoms with E-state index in [1.165, 1.54) is 4.90 Å². The van der Waals surface area contributed by atoms with Gasteiger partial charge in [-0.05, 0) is 13.8 Å². The van der Waals surface area contributed by atoms with Crippen LogP contribution in [-0.2, 0) is 4.79 Å². The molecule has 2 aliphatic heterocycles. The minimum Gasteiger partial charge on any atom is -0.274 e. The highest BCUT2D eigenvalue weighted by molar-refractivity contribution is 6.10. The van der Waals surface area contributed by atoms with Crippen molar-refractivity contribution in [3.05, 3.63) is 0 Å². The molecule has 0 aromatic carbocycles. The number of aliphatic imine (C=N–C) groups is 1. The third-order valence-electron chi connectivity index (χ3n) is 3.13. The molecule has 0 spiro atoms. The van der Waals surface area contributed by atoms with Gasteiger partial charge < -0.3 is 0 Å². The molecule has 0 saturated carbocycles. The quantitative estimate of drug-likeness (QED) is 0.526. The van der Waals surface area contributed by atoms with Crippen LogP contribution in [0.25, 0.3) is 0 Å². The summed E-state index contributed by atoms with van der Waals surface area (Å²) in [6, 6.07) is -0.394. The average molecular weight is 180 g/mol. The van der Waals surface area contributed by atoms with Crippen molar-refractivity contribution >= 4 is 17.6 Å². The van der Waals surface area contributed by atoms with Crippen molar-refractivity contribution in [3.63, 3.8) is 0 Å². The summed E-state index contributed by atoms with van der Waals surface area (Å²) < 4.78 is 0. The van der Waals surface area contributed by atoms with E-state index in [0.29, 0.717) is 6.42 Å². The third kappa shape index (κ3) is 0.829. The Morgan fingerprint density at radius 2 is 2.15 bits per heavy atom. The van der Waals surface area contributed by atoms with E-state index in [2.05, 4.69) is 4.99 Å². The van der Waals surface area contributed by atoms with Crippen molar-refractivity contribution in [1.29, 1.82) is 0 Å². The average Bonchev–Trinajstić information content (AvgIpc) is 2.01. The van der Waals surface area contributed by atoms with Crippen LogP contribution in [0, 0.1) is 5.92 Å². The highest BCUT2D eigenvalue weighted by Crippen LogP contribution is 2.42. The zero-order chi connectivity index (χ0) is 9.80. The number of hydrogen-bond acceptors (Lipinski definition) is 2. The fourth-order valence-corrected chi connectivity index (χ4v) is 2.15. The van der Waals surface area contributed by atoms with Crippen LogP contribution >= 0.6 is 0 Å². The standard InChI is InChI=1S/C9H12N2O2/c1-5-4-9(3)6(2)7(12)11(9)8(13)10-5/h6H,4H2,1-3H3. The molecule has 2 atom stereocenters. The molecule has 13 heavy (non-hydrogen) atoms. The van der Waals surface area contributed by atoms with Crippen LogP contribution in [0.5, 0.6) is 0 Å². The molecule has 0 aliphatic carbocycles. The molecule has 0 bridgehead atoms. The lowest BCUT2D eigenvalue weighted by Gasteiger charge is -2.54. The number of amides is 3. The number of fused-ring (bicyclic) bond motifs is 1. The maximum absolute atomic E-state index is 11.4. The van der Waals surface area contributed by atoms with E-state index < -0.39 is 6.03 Å². The van der Waals surface area contributed by atoms with E-state index in [-0.39, 0.29) is 17.4 Å². The number of urea groups is 1. The van der Waals surface area contributed by atoms with Gasteiger partial charge in [0.2, 0.25) is 5.91 Å². The zero-order valence-electron chi connectivity index (χ0n) is 8.00. The van der Waals surface area contributed by atoms with Gasteiger partial charge in [-0.3, -0.25) is 9.69 Å². The molecule has 1 saturated heterocycles. The molecule has 0 N–H and O–H groups in total. The van der Waals surface area contributed by atoms with Crippen LogP contribution < -0.4 is 0 Å². The second kappa shape index (κ2) is 2.19. The molecule has 1 fully saturated rings. The van der Waals surface area contributed by atoms with Crippen LogP contribution in [0.3, 0.4) is 0 Å². The predicted octanol–water partition coefficient (Wildman–Crippen LogP) is 1.21. The van der Waals surface area contributed by atoms with Crippen molar-refractivity contribution in [2.45, 2.75) is 32.7 Å². The molecule has 4 nitrogen and oxygen atoms in total. The number of carbonyl (C=O) groups excluding carboxylic acids is 2. The van der Waals surface area contributed by atoms with Gasteiger partial charge in [0.1, 0.15) is 0 Å². The Labute approximate surface area is 76.6 Å². The summed E-state index contributed by atoms with van der Waals surface area (Å²) in [5, 5.41) is 0. The molecule has 2 rings (SSSR count). The van der Waals surface area contributed by atoms with Crippen LogP contribution in [0.4, 0.5) is 4.79 Å². The van der Waals surface area contributed by atoms with Crippen molar-refractivity contribution < 1.29 is 9.59 Å². The Balaban J connectivity index is 2.41. The van der Waals surface area contributed by atoms with Crippen molar-refractivity contribution in [3.8, 4) is 0 Å². The first-order valence-corrected chi connectivity index (χ1v) is 4.39. The maximum Gasteiger partial charge on any atom is 0.350 e. The molecular formula is C9H12N2O2. The van der Waals surface area contributed by atoms with Crippen molar-refractivity contribution in [2.24, 2.45) is 10.9 Å². The first-order chi connectivity index (χ1) is 5.97. The highest BCUT2D eigenvalue weighted by Gasteiger charge is 2.59. The molecule has 4 heteroatoms. The monoisotopic (exact) mass is 180 g/mol. The fraction of sp³-hybridized carbons (Fsp3) is 0.667. The van der Waals surface area contributed by atoms with E-state index in [1.807, 2.05) is 20.8 Å². The van der Waals surface area contributed by atoms with Crippen LogP contribution in [0.1, 0.15) is 27.2 Å². The summed E-state index contributed by atoms with van der Waals surface area (Å²) in [6.45, 7) is 5.63. The molecular weight excluding hydrogens is 168 g/mol. The Morgan fingerprint density at radius 3 is 2.77 bits per heavy atom. The maximum atomic E-state index is 11.4. The van der Waals surface area contributed by atoms with Gasteiger partial charge >= 0.3 is 6.03 Å². The van der Waals surface area contributed by atoms with E-state index in [1.54, 1.807) is 0 Å². The van der Waals surface area contributed by atoms with E-state index in [4.69, 9.17) is 0 Å². The smallest absolute Gasteiger partial charge is 0.274 e. The lowest BCUT2D eigenvalue weighted by molar-refractivity contribution is -0.158. The molecule has 2 unspecified atom stereocenters. The third-order valence-corrected chi connectivity index (χ3v) is 3.13. The van der Waals surface area contributed by atoms with Gasteiger partial charge in [0.05, 0.1) is 11.5 Å². The largest absolute Gasteiger partial charge is 0.350 e. The predicted molar refractivity (Wildman–Crippen MR) is 47.5 cm³/mol. The lowest BCUT2D eigenvalue weighted by Crippen LogP contribution is -2.71. The number of β-lactam (4-membered cyclic amide) rings is 1. The molecule has 0 aromatic heterocycles. The molecule has 0 aromatic rings. The first kappa shape index (κ1) is 8.41. The van der Waals surface area contributed by atoms with Crippen molar-refractivity contribution in [2.75, 3.05) is 0 Å². The second-order valence-corrected chi connectivity index (χ2v) is 4.06. The normalized spacial score (nSPS) is 38.2. The summed E-state index contributed by atoms with van der Waals surface area (Å²) in [6.07, 6.45) is 0.714. The number of carbonyl (C=O) groups is 2. The summed E-state index contributed by atoms with van der Waals surface area (Å²) in [4.78, 5) is 27.8. The molecule has 70 valence electrons. The molecule has 2 heterocycles. The summed E-state index contributed by atoms with van der Waals surface area (Å²) in [7, 11) is 0. The minimum absolute atomic E-state index is 0.0538. The van der Waals surface area contributed by atoms with Crippen LogP contribution in [0.15, 0.2) is 4.99 Å². The summed E-state index contributed by atoms with van der Waals surface area (Å²) >= 11 is 0. The second-order valence-electron chi connectivity index (χ2n) is 4.06. The molecule has 2 aliphatic rings. The van der Waals surface area contributed by atoms with E-state index >= 15 is 0 Å². The lowest BCUT2D eigenvalue weighted by atomic mass is 9.72. The van der Waals surface area contributed by atoms with Crippen molar-refractivity contribution in [1.82, 2.24) is 4.90 Å². The topological polar surface area (TPSA) is 49.7 Å². The van der Waals surface area contributed by atoms with Gasteiger partial charge in [0, 0.05) is 12.1 Å². The number of hydrogen-bond donors (Lipinski definition) is 0. The summed E-state index contributed by atoms with van der Waals surface area (Å²) in [5.74, 6) is -0.148. The van der Waals surface area contributed by atoms with Crippen LogP contribution in [-0.4, -0.2) is 28.1 Å². The molecule has 0 radical (unpaired) electrons. The zero-order valence-corrected chi connectivity index (χ0v) is 8.00. The highest BCUT2D eigenvalue weighted by atomic mass is 16.2. The van der Waals surface area contributed by atoms with Crippen LogP contribution in [0.2, 0.25) is 0 Å². The number of nitrogens with zero attached hydrogens (tertiary/aromatic N) is 2.